The second-order valence-electron chi connectivity index (χ2n) is 39.0. The smallest absolute Gasteiger partial charge is 0.230 e. The summed E-state index contributed by atoms with van der Waals surface area (Å²) in [6.07, 6.45) is 15.7. The predicted molar refractivity (Wildman–Crippen MR) is 581 cm³/mol. The molecule has 12 aromatic carbocycles. The van der Waals surface area contributed by atoms with E-state index >= 15 is 0 Å². The van der Waals surface area contributed by atoms with Crippen LogP contribution in [0.25, 0.3) is 28.4 Å². The molecule has 8 aliphatic rings. The van der Waals surface area contributed by atoms with Crippen molar-refractivity contribution in [1.82, 2.24) is 0 Å². The molecule has 4 amide bonds. The quantitative estimate of drug-likeness (QED) is 0.111. The number of carbonyl (C=O) groups is 8. The van der Waals surface area contributed by atoms with Crippen molar-refractivity contribution in [3.63, 3.8) is 0 Å². The molecule has 20 rings (SSSR count). The molecule has 0 aromatic heterocycles. The fourth-order valence-electron chi connectivity index (χ4n) is 21.3. The molecule has 0 spiro atoms. The second kappa shape index (κ2) is 46.8. The van der Waals surface area contributed by atoms with Gasteiger partial charge in [0, 0.05) is 137 Å². The van der Waals surface area contributed by atoms with Crippen molar-refractivity contribution in [2.45, 2.75) is 121 Å². The zero-order chi connectivity index (χ0) is 102. The Labute approximate surface area is 859 Å². The maximum Gasteiger partial charge on any atom is 0.230 e. The number of allylic oxidation sites excluding steroid dienone is 9. The Morgan fingerprint density at radius 3 is 1.10 bits per heavy atom. The van der Waals surface area contributed by atoms with E-state index in [1.165, 1.54) is 51.1 Å². The zero-order valence-corrected chi connectivity index (χ0v) is 85.4. The van der Waals surface area contributed by atoms with Gasteiger partial charge in [-0.2, -0.15) is 11.8 Å². The number of hydrogen-bond donors (Lipinski definition) is 0. The summed E-state index contributed by atoms with van der Waals surface area (Å²) >= 11 is 1.90. The number of rotatable bonds is 12. The number of ketones is 4. The third-order valence-electron chi connectivity index (χ3n) is 28.9. The predicted octanol–water partition coefficient (Wildman–Crippen LogP) is 23.0. The normalized spacial score (nSPS) is 18.0. The average molecular weight is 1990 g/mol. The summed E-state index contributed by atoms with van der Waals surface area (Å²) in [5.74, 6) is 2.10. The monoisotopic (exact) mass is 1980 g/mol. The van der Waals surface area contributed by atoms with E-state index in [1.807, 2.05) is 182 Å². The van der Waals surface area contributed by atoms with Crippen LogP contribution in [0.4, 0.5) is 27.1 Å². The molecule has 18 nitrogen and oxygen atoms in total. The van der Waals surface area contributed by atoms with Crippen molar-refractivity contribution < 1.29 is 70.1 Å². The third-order valence-corrected chi connectivity index (χ3v) is 31.6. The van der Waals surface area contributed by atoms with Crippen molar-refractivity contribution in [3.05, 3.63) is 420 Å². The Kier molecular flexibility index (Phi) is 32.9. The van der Waals surface area contributed by atoms with Crippen molar-refractivity contribution in [3.8, 4) is 23.0 Å². The summed E-state index contributed by atoms with van der Waals surface area (Å²) in [5, 5.41) is 0. The highest BCUT2D eigenvalue weighted by atomic mass is 32.2. The van der Waals surface area contributed by atoms with Crippen molar-refractivity contribution in [1.29, 1.82) is 0 Å². The van der Waals surface area contributed by atoms with E-state index in [0.717, 1.165) is 148 Å². The number of thioether (sulfide) groups is 1. The highest BCUT2D eigenvalue weighted by molar-refractivity contribution is 7.98. The Hall–Kier alpha value is -14.9. The molecule has 0 fully saturated rings. The number of fused-ring (bicyclic) bond motifs is 16. The molecule has 0 radical (unpaired) electrons. The number of anilines is 4. The summed E-state index contributed by atoms with van der Waals surface area (Å²) < 4.78 is 61.6. The molecule has 0 unspecified atom stereocenters. The molecule has 4 atom stereocenters. The van der Waals surface area contributed by atoms with Gasteiger partial charge in [-0.25, -0.2) is 12.8 Å². The van der Waals surface area contributed by atoms with Gasteiger partial charge in [0.2, 0.25) is 23.6 Å². The molecule has 6 aliphatic carbocycles. The Morgan fingerprint density at radius 2 is 0.651 bits per heavy atom. The minimum atomic E-state index is -3.45. The first-order chi connectivity index (χ1) is 70.7. The van der Waals surface area contributed by atoms with E-state index in [0.29, 0.717) is 74.1 Å². The fourth-order valence-corrected chi connectivity index (χ4v) is 23.9. The first kappa shape index (κ1) is 103. The standard InChI is InChI=1S/C32H30FNO3.C31H31NO5S.C31H31NO3S.C31H29NO3/c1-34(27-11-13-29(37-2)14-12-27)32(36)25-16-22-7-3-5-21(15-22)6-4-8-23-17-24-9-10-26(33)19-30(24)31(23)20-28(35)18-25;1-32(26-10-12-28(37-2)13-11-26)31(34)24-15-21-6-5-7-22(14-21)19-38(35,36)20-25-16-23-8-3-4-9-29(23)30(25)18-27(33)17-24;1-32(26-10-12-28(35-2)13-11-26)31(34)24-15-21-6-5-7-22(14-21)19-36-20-25-16-23-8-3-4-9-29(23)30(25)18-27(33)17-24;1-32(26-12-14-28(35-2)15-13-26)31(34)25-17-22-7-5-6-21(16-22)10-11-24-18-23-8-3-4-9-29(23)30(24)20-27(33)19-25/h3-5,7-15,19,25H,6,16-18,20H2,1-2H3;3-14,24H,15-20H2,1-2H3;3-14,24H,15-20H2,1-2H3;3-16,25H,17-20H2,1-2H3/b8-4-;;;/t25-;2*24-;25-/m1111/s1. The van der Waals surface area contributed by atoms with Gasteiger partial charge in [-0.3, -0.25) is 38.4 Å². The number of halogens is 1. The van der Waals surface area contributed by atoms with Crippen LogP contribution in [0.3, 0.4) is 0 Å². The molecule has 2 heterocycles. The number of methoxy groups -OCH3 is 4. The molecule has 146 heavy (non-hydrogen) atoms. The topological polar surface area (TPSA) is 221 Å². The molecule has 21 heteroatoms. The molecule has 0 N–H and O–H groups in total. The molecule has 12 aromatic rings. The second-order valence-corrected chi connectivity index (χ2v) is 42.0. The van der Waals surface area contributed by atoms with Crippen molar-refractivity contribution >= 4 is 119 Å². The Balaban J connectivity index is 0.000000133. The summed E-state index contributed by atoms with van der Waals surface area (Å²) in [6, 6.07) is 91.1. The van der Waals surface area contributed by atoms with Gasteiger partial charge < -0.3 is 38.5 Å². The van der Waals surface area contributed by atoms with Gasteiger partial charge >= 0.3 is 0 Å². The summed E-state index contributed by atoms with van der Waals surface area (Å²) in [4.78, 5) is 115. The lowest BCUT2D eigenvalue weighted by Gasteiger charge is -2.24. The SMILES string of the molecule is COc1ccc(N(C)C(=O)[C@H]2CC(=O)CC3=C(/C=C\Cc4cccc(c4)C2)Cc2ccc(F)cc23)cc1.COc1ccc(N(C)C(=O)[C@H]2CC(=O)CC3=C(C=Cc4cccc(c4)C2)Cc2ccccc23)cc1.COc1ccc(N(C)C(=O)[C@H]2CC(=O)CC3=C(CSCc4cccc(c4)C2)Cc2ccccc23)cc1.COc1ccc(N(C)C(=O)[C@H]2CC(=O)CC3=C(Cc4ccccc43)CS(=O)(=O)Cc3cccc(c3)C2)cc1. The number of Topliss-reactive ketones (excluding diaryl/α,β-unsaturated/α-hetero) is 4. The maximum absolute atomic E-state index is 14.1. The van der Waals surface area contributed by atoms with Crippen LogP contribution in [-0.2, 0) is 117 Å². The van der Waals surface area contributed by atoms with Gasteiger partial charge in [0.1, 0.15) is 51.9 Å². The van der Waals surface area contributed by atoms with Crippen LogP contribution in [0.2, 0.25) is 0 Å². The highest BCUT2D eigenvalue weighted by Crippen LogP contribution is 2.44. The van der Waals surface area contributed by atoms with E-state index in [-0.39, 0.29) is 103 Å². The molecule has 2 aliphatic heterocycles. The molecule has 744 valence electrons. The third kappa shape index (κ3) is 25.2. The van der Waals surface area contributed by atoms with Gasteiger partial charge in [-0.05, 0) is 295 Å². The summed E-state index contributed by atoms with van der Waals surface area (Å²) in [7, 11) is 10.0. The van der Waals surface area contributed by atoms with Crippen LogP contribution in [-0.4, -0.2) is 123 Å². The lowest BCUT2D eigenvalue weighted by molar-refractivity contribution is -0.127. The molecular formula is C125H121FN4O14S2. The van der Waals surface area contributed by atoms with Crippen LogP contribution in [0, 0.1) is 29.5 Å². The summed E-state index contributed by atoms with van der Waals surface area (Å²) in [5.41, 5.74) is 28.3. The minimum Gasteiger partial charge on any atom is -0.497 e. The van der Waals surface area contributed by atoms with Gasteiger partial charge in [0.15, 0.2) is 9.84 Å². The highest BCUT2D eigenvalue weighted by Gasteiger charge is 2.37. The van der Waals surface area contributed by atoms with Gasteiger partial charge in [0.05, 0.1) is 39.9 Å². The van der Waals surface area contributed by atoms with Crippen LogP contribution >= 0.6 is 11.8 Å². The molecule has 8 bridgehead atoms. The minimum absolute atomic E-state index is 0.0186. The number of hydrogen-bond acceptors (Lipinski definition) is 15. The lowest BCUT2D eigenvalue weighted by atomic mass is 9.88. The first-order valence-corrected chi connectivity index (χ1v) is 52.7. The van der Waals surface area contributed by atoms with E-state index in [2.05, 4.69) is 109 Å². The number of sulfone groups is 1. The molecule has 0 saturated heterocycles. The number of carbonyl (C=O) groups excluding carboxylic acids is 8. The number of benzene rings is 12. The summed E-state index contributed by atoms with van der Waals surface area (Å²) in [6.45, 7) is 0. The lowest BCUT2D eigenvalue weighted by Crippen LogP contribution is -2.35. The van der Waals surface area contributed by atoms with E-state index < -0.39 is 33.5 Å². The van der Waals surface area contributed by atoms with Gasteiger partial charge in [0.25, 0.3) is 0 Å². The van der Waals surface area contributed by atoms with Crippen LogP contribution < -0.4 is 38.5 Å². The van der Waals surface area contributed by atoms with Crippen LogP contribution in [0.15, 0.2) is 326 Å². The van der Waals surface area contributed by atoms with E-state index in [1.54, 1.807) is 94.4 Å². The van der Waals surface area contributed by atoms with Crippen molar-refractivity contribution in [2.24, 2.45) is 23.7 Å². The van der Waals surface area contributed by atoms with Crippen LogP contribution in [0.1, 0.15) is 140 Å². The van der Waals surface area contributed by atoms with Crippen LogP contribution in [0.5, 0.6) is 23.0 Å². The van der Waals surface area contributed by atoms with Gasteiger partial charge in [-0.15, -0.1) is 0 Å². The number of amides is 4. The number of ether oxygens (including phenoxy) is 4. The largest absolute Gasteiger partial charge is 0.497 e. The number of nitrogens with zero attached hydrogens (tertiary/aromatic N) is 4. The first-order valence-electron chi connectivity index (χ1n) is 49.7. The fraction of sp³-hybridized carbons (Fsp3) is 0.264. The van der Waals surface area contributed by atoms with E-state index in [9.17, 15) is 51.2 Å². The Bertz CT molecular complexity index is 7300. The molecular weight excluding hydrogens is 1860 g/mol. The maximum atomic E-state index is 14.1. The van der Waals surface area contributed by atoms with Crippen molar-refractivity contribution in [2.75, 3.05) is 87.7 Å². The molecule has 0 saturated carbocycles. The zero-order valence-electron chi connectivity index (χ0n) is 83.8. The van der Waals surface area contributed by atoms with E-state index in [4.69, 9.17) is 18.9 Å². The average Bonchev–Trinajstić information content (AvgIpc) is 1.64. The Morgan fingerprint density at radius 1 is 0.308 bits per heavy atom. The van der Waals surface area contributed by atoms with Gasteiger partial charge in [-0.1, -0.05) is 206 Å².